The molecule has 0 radical (unpaired) electrons. The molecule has 0 spiro atoms. The number of halogens is 1. The molecule has 1 aromatic rings. The molecule has 0 aromatic heterocycles. The molecule has 2 unspecified atom stereocenters. The molecule has 0 saturated heterocycles. The van der Waals surface area contributed by atoms with E-state index in [9.17, 15) is 14.0 Å². The van der Waals surface area contributed by atoms with Crippen LogP contribution in [0.3, 0.4) is 0 Å². The molecule has 1 heterocycles. The second-order valence-electron chi connectivity index (χ2n) is 4.39. The molecule has 2 atom stereocenters. The number of hydrogen-bond acceptors (Lipinski definition) is 7. The van der Waals surface area contributed by atoms with Gasteiger partial charge in [0.2, 0.25) is 0 Å². The molecule has 0 fully saturated rings. The molecule has 128 valence electrons. The van der Waals surface area contributed by atoms with E-state index in [2.05, 4.69) is 32.4 Å². The number of fused-ring (bicyclic) bond motifs is 1. The van der Waals surface area contributed by atoms with Crippen LogP contribution in [0.15, 0.2) is 18.2 Å². The monoisotopic (exact) mass is 363 g/mol. The van der Waals surface area contributed by atoms with Crippen molar-refractivity contribution in [3.63, 3.8) is 0 Å². The Balaban J connectivity index is 0.00000127. The number of rotatable bonds is 4. The molecule has 2 rings (SSSR count). The van der Waals surface area contributed by atoms with E-state index in [1.807, 2.05) is 0 Å². The molecule has 0 saturated carbocycles. The van der Waals surface area contributed by atoms with Crippen LogP contribution < -0.4 is 19.9 Å². The summed E-state index contributed by atoms with van der Waals surface area (Å²) in [5.41, 5.74) is 0.165. The lowest BCUT2D eigenvalue weighted by atomic mass is 10.1. The molecule has 0 aliphatic carbocycles. The van der Waals surface area contributed by atoms with E-state index < -0.39 is 17.9 Å². The Bertz CT molecular complexity index is 564. The van der Waals surface area contributed by atoms with Gasteiger partial charge in [-0.3, -0.25) is 14.7 Å². The van der Waals surface area contributed by atoms with Crippen molar-refractivity contribution in [2.75, 3.05) is 24.6 Å². The van der Waals surface area contributed by atoms with Crippen LogP contribution in [-0.4, -0.2) is 37.7 Å². The number of ether oxygens (including phenoxy) is 2. The first-order valence-corrected chi connectivity index (χ1v) is 7.78. The number of anilines is 1. The van der Waals surface area contributed by atoms with Crippen LogP contribution in [0.2, 0.25) is 0 Å². The lowest BCUT2D eigenvalue weighted by Crippen LogP contribution is -2.49. The minimum absolute atomic E-state index is 0.0625. The van der Waals surface area contributed by atoms with Crippen molar-refractivity contribution in [2.45, 2.75) is 13.0 Å². The standard InChI is InChI=1S/C13H16FN2O4P.H3NS/c1-2-19-11(17)7-16-6-10(13(18)15-21)20-9-5-3-4-8(14)12(9)16;1-2/h3-5,10H,2,6-7,21H2,1H3,(H,15,18);2H,1H2. The number of esters is 1. The second-order valence-corrected chi connectivity index (χ2v) is 4.68. The van der Waals surface area contributed by atoms with Crippen molar-refractivity contribution in [3.05, 3.63) is 24.0 Å². The SMILES string of the molecule is CCOC(=O)CN1CC(C(=O)NP)Oc2cccc(F)c21.NS. The number of benzene rings is 1. The smallest absolute Gasteiger partial charge is 0.325 e. The summed E-state index contributed by atoms with van der Waals surface area (Å²) in [6.45, 7) is 1.85. The van der Waals surface area contributed by atoms with Crippen LogP contribution in [0.4, 0.5) is 10.1 Å². The molecule has 1 amide bonds. The summed E-state index contributed by atoms with van der Waals surface area (Å²) in [7, 11) is 2.09. The van der Waals surface area contributed by atoms with Crippen molar-refractivity contribution in [1.29, 1.82) is 0 Å². The van der Waals surface area contributed by atoms with Crippen molar-refractivity contribution >= 4 is 39.8 Å². The van der Waals surface area contributed by atoms with Gasteiger partial charge in [-0.25, -0.2) is 4.39 Å². The predicted octanol–water partition coefficient (Wildman–Crippen LogP) is 0.652. The Kier molecular flexibility index (Phi) is 8.08. The Morgan fingerprint density at radius 3 is 2.87 bits per heavy atom. The lowest BCUT2D eigenvalue weighted by Gasteiger charge is -2.34. The van der Waals surface area contributed by atoms with Gasteiger partial charge in [-0.05, 0) is 28.4 Å². The van der Waals surface area contributed by atoms with E-state index in [1.54, 1.807) is 13.0 Å². The highest BCUT2D eigenvalue weighted by Crippen LogP contribution is 2.35. The van der Waals surface area contributed by atoms with Crippen LogP contribution >= 0.6 is 22.2 Å². The van der Waals surface area contributed by atoms with E-state index in [-0.39, 0.29) is 37.0 Å². The van der Waals surface area contributed by atoms with Gasteiger partial charge in [0.15, 0.2) is 6.10 Å². The van der Waals surface area contributed by atoms with Gasteiger partial charge in [0, 0.05) is 0 Å². The van der Waals surface area contributed by atoms with Gasteiger partial charge in [-0.2, -0.15) is 0 Å². The molecule has 23 heavy (non-hydrogen) atoms. The predicted molar refractivity (Wildman–Crippen MR) is 90.7 cm³/mol. The van der Waals surface area contributed by atoms with E-state index in [0.29, 0.717) is 0 Å². The van der Waals surface area contributed by atoms with E-state index in [4.69, 9.17) is 9.47 Å². The molecule has 1 aromatic carbocycles. The average molecular weight is 363 g/mol. The zero-order valence-electron chi connectivity index (χ0n) is 12.5. The van der Waals surface area contributed by atoms with Crippen molar-refractivity contribution in [2.24, 2.45) is 5.14 Å². The molecule has 1 aliphatic heterocycles. The quantitative estimate of drug-likeness (QED) is 0.413. The van der Waals surface area contributed by atoms with Crippen LogP contribution in [0.1, 0.15) is 6.92 Å². The summed E-state index contributed by atoms with van der Waals surface area (Å²) in [5.74, 6) is -1.15. The number of nitrogens with two attached hydrogens (primary N) is 1. The van der Waals surface area contributed by atoms with Crippen LogP contribution in [0.25, 0.3) is 0 Å². The zero-order valence-corrected chi connectivity index (χ0v) is 14.5. The molecule has 1 aliphatic rings. The van der Waals surface area contributed by atoms with Gasteiger partial charge < -0.3 is 19.5 Å². The van der Waals surface area contributed by atoms with Crippen LogP contribution in [0.5, 0.6) is 5.75 Å². The van der Waals surface area contributed by atoms with Gasteiger partial charge in [0.05, 0.1) is 13.2 Å². The summed E-state index contributed by atoms with van der Waals surface area (Å²) in [4.78, 5) is 24.8. The van der Waals surface area contributed by atoms with Crippen molar-refractivity contribution in [3.8, 4) is 5.75 Å². The Morgan fingerprint density at radius 1 is 1.57 bits per heavy atom. The Labute approximate surface area is 141 Å². The van der Waals surface area contributed by atoms with E-state index in [0.717, 1.165) is 0 Å². The first kappa shape index (κ1) is 19.5. The first-order chi connectivity index (χ1) is 11.1. The average Bonchev–Trinajstić information content (AvgIpc) is 2.56. The number of thiol groups is 1. The normalized spacial score (nSPS) is 15.5. The molecule has 3 N–H and O–H groups in total. The summed E-state index contributed by atoms with van der Waals surface area (Å²) in [6.07, 6.45) is -0.828. The number of nitrogens with one attached hydrogen (secondary N) is 1. The number of carbonyl (C=O) groups excluding carboxylic acids is 2. The van der Waals surface area contributed by atoms with Gasteiger partial charge in [-0.15, -0.1) is 12.8 Å². The summed E-state index contributed by atoms with van der Waals surface area (Å²) in [6, 6.07) is 4.31. The molecule has 10 heteroatoms. The third-order valence-electron chi connectivity index (χ3n) is 2.98. The second kappa shape index (κ2) is 9.54. The third kappa shape index (κ3) is 4.95. The first-order valence-electron chi connectivity index (χ1n) is 6.68. The fourth-order valence-electron chi connectivity index (χ4n) is 2.11. The van der Waals surface area contributed by atoms with Crippen molar-refractivity contribution < 1.29 is 23.5 Å². The number of hydrogen-bond donors (Lipinski definition) is 3. The number of nitrogens with zero attached hydrogens (tertiary/aromatic N) is 1. The maximum Gasteiger partial charge on any atom is 0.325 e. The van der Waals surface area contributed by atoms with Gasteiger partial charge >= 0.3 is 5.97 Å². The molecule has 7 nitrogen and oxygen atoms in total. The molecular formula is C13H19FN3O4PS. The number of amides is 1. The minimum atomic E-state index is -0.828. The van der Waals surface area contributed by atoms with Crippen molar-refractivity contribution in [1.82, 2.24) is 5.09 Å². The maximum absolute atomic E-state index is 14.0. The van der Waals surface area contributed by atoms with E-state index >= 15 is 0 Å². The highest BCUT2D eigenvalue weighted by molar-refractivity contribution is 7.77. The lowest BCUT2D eigenvalue weighted by molar-refractivity contribution is -0.141. The Morgan fingerprint density at radius 2 is 2.26 bits per heavy atom. The van der Waals surface area contributed by atoms with Gasteiger partial charge in [0.1, 0.15) is 23.8 Å². The summed E-state index contributed by atoms with van der Waals surface area (Å²) in [5, 5.41) is 6.59. The Hall–Kier alpha value is -1.57. The maximum atomic E-state index is 14.0. The summed E-state index contributed by atoms with van der Waals surface area (Å²) >= 11 is 3.03. The van der Waals surface area contributed by atoms with Crippen LogP contribution in [-0.2, 0) is 14.3 Å². The number of carbonyl (C=O) groups is 2. The molecule has 0 bridgehead atoms. The van der Waals surface area contributed by atoms with E-state index in [1.165, 1.54) is 17.0 Å². The minimum Gasteiger partial charge on any atom is -0.476 e. The fraction of sp³-hybridized carbons (Fsp3) is 0.385. The molecular weight excluding hydrogens is 344 g/mol. The third-order valence-corrected chi connectivity index (χ3v) is 3.27. The van der Waals surface area contributed by atoms with Gasteiger partial charge in [0.25, 0.3) is 5.91 Å². The highest BCUT2D eigenvalue weighted by atomic mass is 32.1. The number of para-hydroxylation sites is 1. The topological polar surface area (TPSA) is 93.9 Å². The zero-order chi connectivity index (χ0) is 17.4. The highest BCUT2D eigenvalue weighted by Gasteiger charge is 2.33. The summed E-state index contributed by atoms with van der Waals surface area (Å²) < 4.78 is 24.3. The van der Waals surface area contributed by atoms with Gasteiger partial charge in [-0.1, -0.05) is 6.07 Å². The fourth-order valence-corrected chi connectivity index (χ4v) is 2.30. The largest absolute Gasteiger partial charge is 0.476 e. The van der Waals surface area contributed by atoms with Crippen LogP contribution in [0, 0.1) is 5.82 Å².